The number of nitrogens with one attached hydrogen (secondary N) is 1. The summed E-state index contributed by atoms with van der Waals surface area (Å²) in [6.07, 6.45) is 0. The molecule has 3 aromatic rings. The Morgan fingerprint density at radius 3 is 2.86 bits per heavy atom. The van der Waals surface area contributed by atoms with Crippen molar-refractivity contribution in [2.45, 2.75) is 13.8 Å². The van der Waals surface area contributed by atoms with E-state index in [-0.39, 0.29) is 5.91 Å². The molecule has 0 radical (unpaired) electrons. The quantitative estimate of drug-likeness (QED) is 0.746. The number of hydrogen-bond acceptors (Lipinski definition) is 3. The molecule has 0 spiro atoms. The molecule has 1 aromatic heterocycles. The van der Waals surface area contributed by atoms with Gasteiger partial charge >= 0.3 is 0 Å². The van der Waals surface area contributed by atoms with Crippen LogP contribution in [0, 0.1) is 13.8 Å². The molecule has 1 amide bonds. The van der Waals surface area contributed by atoms with Crippen LogP contribution in [0.4, 0.5) is 5.69 Å². The van der Waals surface area contributed by atoms with Crippen LogP contribution in [0.25, 0.3) is 11.1 Å². The number of halogens is 1. The molecule has 0 saturated heterocycles. The topological polar surface area (TPSA) is 55.1 Å². The average molecular weight is 345 g/mol. The highest BCUT2D eigenvalue weighted by Gasteiger charge is 2.12. The first-order chi connectivity index (χ1) is 10.0. The van der Waals surface area contributed by atoms with Gasteiger partial charge in [0.1, 0.15) is 5.52 Å². The van der Waals surface area contributed by atoms with Crippen molar-refractivity contribution in [3.05, 3.63) is 57.9 Å². The van der Waals surface area contributed by atoms with Gasteiger partial charge in [-0.25, -0.2) is 4.98 Å². The molecule has 106 valence electrons. The second-order valence-electron chi connectivity index (χ2n) is 4.78. The maximum atomic E-state index is 12.4. The van der Waals surface area contributed by atoms with E-state index < -0.39 is 0 Å². The standard InChI is InChI=1S/C16H13BrN2O2/c1-9-12(4-3-5-13(9)17)16(20)19-11-6-7-15-14(8-11)18-10(2)21-15/h3-8H,1-2H3,(H,19,20). The van der Waals surface area contributed by atoms with Crippen LogP contribution in [0.3, 0.4) is 0 Å². The maximum Gasteiger partial charge on any atom is 0.255 e. The minimum Gasteiger partial charge on any atom is -0.441 e. The molecule has 0 aliphatic carbocycles. The zero-order valence-electron chi connectivity index (χ0n) is 11.6. The van der Waals surface area contributed by atoms with Gasteiger partial charge in [-0.3, -0.25) is 4.79 Å². The Morgan fingerprint density at radius 1 is 1.24 bits per heavy atom. The third kappa shape index (κ3) is 2.69. The van der Waals surface area contributed by atoms with Crippen molar-refractivity contribution in [3.8, 4) is 0 Å². The number of nitrogens with zero attached hydrogens (tertiary/aromatic N) is 1. The van der Waals surface area contributed by atoms with E-state index in [4.69, 9.17) is 4.42 Å². The summed E-state index contributed by atoms with van der Waals surface area (Å²) >= 11 is 3.43. The van der Waals surface area contributed by atoms with Gasteiger partial charge in [-0.15, -0.1) is 0 Å². The zero-order chi connectivity index (χ0) is 15.0. The predicted octanol–water partition coefficient (Wildman–Crippen LogP) is 4.46. The van der Waals surface area contributed by atoms with Crippen molar-refractivity contribution in [2.75, 3.05) is 5.32 Å². The highest BCUT2D eigenvalue weighted by atomic mass is 79.9. The molecule has 0 fully saturated rings. The third-order valence-corrected chi connectivity index (χ3v) is 4.12. The van der Waals surface area contributed by atoms with Gasteiger partial charge in [-0.2, -0.15) is 0 Å². The van der Waals surface area contributed by atoms with E-state index in [2.05, 4.69) is 26.2 Å². The first kappa shape index (κ1) is 13.8. The summed E-state index contributed by atoms with van der Waals surface area (Å²) in [4.78, 5) is 16.6. The molecule has 0 aliphatic heterocycles. The number of aromatic nitrogens is 1. The lowest BCUT2D eigenvalue weighted by atomic mass is 10.1. The molecule has 0 unspecified atom stereocenters. The van der Waals surface area contributed by atoms with Crippen molar-refractivity contribution in [2.24, 2.45) is 0 Å². The number of rotatable bonds is 2. The lowest BCUT2D eigenvalue weighted by Gasteiger charge is -2.08. The summed E-state index contributed by atoms with van der Waals surface area (Å²) < 4.78 is 6.33. The van der Waals surface area contributed by atoms with Crippen molar-refractivity contribution >= 4 is 38.6 Å². The number of fused-ring (bicyclic) bond motifs is 1. The molecule has 0 atom stereocenters. The van der Waals surface area contributed by atoms with E-state index in [1.807, 2.05) is 19.1 Å². The molecule has 0 aliphatic rings. The highest BCUT2D eigenvalue weighted by molar-refractivity contribution is 9.10. The third-order valence-electron chi connectivity index (χ3n) is 3.26. The van der Waals surface area contributed by atoms with Crippen LogP contribution in [0.1, 0.15) is 21.8 Å². The van der Waals surface area contributed by atoms with Crippen LogP contribution in [-0.2, 0) is 0 Å². The molecule has 1 heterocycles. The lowest BCUT2D eigenvalue weighted by molar-refractivity contribution is 0.102. The second-order valence-corrected chi connectivity index (χ2v) is 5.64. The van der Waals surface area contributed by atoms with Crippen LogP contribution in [0.15, 0.2) is 45.3 Å². The molecule has 2 aromatic carbocycles. The van der Waals surface area contributed by atoms with E-state index in [9.17, 15) is 4.79 Å². The fraction of sp³-hybridized carbons (Fsp3) is 0.125. The summed E-state index contributed by atoms with van der Waals surface area (Å²) in [6, 6.07) is 11.0. The van der Waals surface area contributed by atoms with Gasteiger partial charge in [0.2, 0.25) is 0 Å². The Balaban J connectivity index is 1.90. The van der Waals surface area contributed by atoms with E-state index in [0.717, 1.165) is 15.6 Å². The molecule has 21 heavy (non-hydrogen) atoms. The number of hydrogen-bond donors (Lipinski definition) is 1. The summed E-state index contributed by atoms with van der Waals surface area (Å²) in [6.45, 7) is 3.70. The largest absolute Gasteiger partial charge is 0.441 e. The average Bonchev–Trinajstić information content (AvgIpc) is 2.81. The van der Waals surface area contributed by atoms with E-state index in [1.165, 1.54) is 0 Å². The molecular formula is C16H13BrN2O2. The van der Waals surface area contributed by atoms with Crippen LogP contribution >= 0.6 is 15.9 Å². The Morgan fingerprint density at radius 2 is 2.05 bits per heavy atom. The molecule has 4 nitrogen and oxygen atoms in total. The summed E-state index contributed by atoms with van der Waals surface area (Å²) in [7, 11) is 0. The van der Waals surface area contributed by atoms with Gasteiger partial charge in [0, 0.05) is 22.6 Å². The van der Waals surface area contributed by atoms with E-state index in [0.29, 0.717) is 22.7 Å². The van der Waals surface area contributed by atoms with Gasteiger partial charge in [-0.05, 0) is 42.8 Å². The maximum absolute atomic E-state index is 12.4. The van der Waals surface area contributed by atoms with Gasteiger partial charge in [0.05, 0.1) is 0 Å². The fourth-order valence-electron chi connectivity index (χ4n) is 2.17. The Bertz CT molecular complexity index is 839. The predicted molar refractivity (Wildman–Crippen MR) is 85.6 cm³/mol. The molecule has 5 heteroatoms. The number of carbonyl (C=O) groups excluding carboxylic acids is 1. The summed E-state index contributed by atoms with van der Waals surface area (Å²) in [5.41, 5.74) is 3.69. The smallest absolute Gasteiger partial charge is 0.255 e. The minimum absolute atomic E-state index is 0.145. The van der Waals surface area contributed by atoms with Gasteiger partial charge in [0.15, 0.2) is 11.5 Å². The first-order valence-corrected chi connectivity index (χ1v) is 7.27. The molecule has 0 bridgehead atoms. The fourth-order valence-corrected chi connectivity index (χ4v) is 2.54. The monoisotopic (exact) mass is 344 g/mol. The minimum atomic E-state index is -0.145. The highest BCUT2D eigenvalue weighted by Crippen LogP contribution is 2.22. The summed E-state index contributed by atoms with van der Waals surface area (Å²) in [5, 5.41) is 2.89. The van der Waals surface area contributed by atoms with Crippen molar-refractivity contribution < 1.29 is 9.21 Å². The van der Waals surface area contributed by atoms with Gasteiger partial charge < -0.3 is 9.73 Å². The number of amides is 1. The van der Waals surface area contributed by atoms with Crippen molar-refractivity contribution in [1.82, 2.24) is 4.98 Å². The molecule has 0 saturated carbocycles. The van der Waals surface area contributed by atoms with Crippen LogP contribution in [0.5, 0.6) is 0 Å². The van der Waals surface area contributed by atoms with Gasteiger partial charge in [-0.1, -0.05) is 22.0 Å². The number of carbonyl (C=O) groups is 1. The number of benzene rings is 2. The number of oxazole rings is 1. The normalized spacial score (nSPS) is 10.8. The number of anilines is 1. The number of aryl methyl sites for hydroxylation is 1. The second kappa shape index (κ2) is 5.33. The zero-order valence-corrected chi connectivity index (χ0v) is 13.2. The van der Waals surface area contributed by atoms with Crippen LogP contribution in [-0.4, -0.2) is 10.9 Å². The SMILES string of the molecule is Cc1nc2cc(NC(=O)c3cccc(Br)c3C)ccc2o1. The Kier molecular flexibility index (Phi) is 3.51. The first-order valence-electron chi connectivity index (χ1n) is 6.48. The lowest BCUT2D eigenvalue weighted by Crippen LogP contribution is -2.13. The van der Waals surface area contributed by atoms with Crippen molar-refractivity contribution in [3.63, 3.8) is 0 Å². The Labute approximate surface area is 130 Å². The van der Waals surface area contributed by atoms with Crippen LogP contribution < -0.4 is 5.32 Å². The Hall–Kier alpha value is -2.14. The van der Waals surface area contributed by atoms with Crippen molar-refractivity contribution in [1.29, 1.82) is 0 Å². The van der Waals surface area contributed by atoms with E-state index in [1.54, 1.807) is 31.2 Å². The summed E-state index contributed by atoms with van der Waals surface area (Å²) in [5.74, 6) is 0.463. The molecular weight excluding hydrogens is 332 g/mol. The van der Waals surface area contributed by atoms with Crippen LogP contribution in [0.2, 0.25) is 0 Å². The molecule has 1 N–H and O–H groups in total. The van der Waals surface area contributed by atoms with E-state index >= 15 is 0 Å². The van der Waals surface area contributed by atoms with Gasteiger partial charge in [0.25, 0.3) is 5.91 Å². The molecule has 3 rings (SSSR count).